The van der Waals surface area contributed by atoms with E-state index in [0.717, 1.165) is 15.8 Å². The number of benzene rings is 1. The van der Waals surface area contributed by atoms with Crippen LogP contribution in [0, 0.1) is 13.8 Å². The van der Waals surface area contributed by atoms with Crippen molar-refractivity contribution in [3.63, 3.8) is 0 Å². The largest absolute Gasteiger partial charge is 0.296 e. The van der Waals surface area contributed by atoms with Crippen molar-refractivity contribution in [1.29, 1.82) is 0 Å². The Morgan fingerprint density at radius 1 is 1.23 bits per heavy atom. The Balaban J connectivity index is 1.87. The Morgan fingerprint density at radius 3 is 2.59 bits per heavy atom. The molecule has 0 saturated heterocycles. The molecule has 0 atom stereocenters. The van der Waals surface area contributed by atoms with Gasteiger partial charge in [0.05, 0.1) is 10.2 Å². The lowest BCUT2D eigenvalue weighted by Gasteiger charge is -2.03. The highest BCUT2D eigenvalue weighted by Gasteiger charge is 2.14. The van der Waals surface area contributed by atoms with Gasteiger partial charge in [0.1, 0.15) is 0 Å². The van der Waals surface area contributed by atoms with E-state index in [1.54, 1.807) is 10.7 Å². The molecule has 22 heavy (non-hydrogen) atoms. The molecule has 1 N–H and O–H groups in total. The first-order valence-electron chi connectivity index (χ1n) is 7.19. The van der Waals surface area contributed by atoms with Crippen LogP contribution in [0.2, 0.25) is 0 Å². The predicted octanol–water partition coefficient (Wildman–Crippen LogP) is 3.94. The fourth-order valence-corrected chi connectivity index (χ4v) is 3.23. The lowest BCUT2D eigenvalue weighted by molar-refractivity contribution is 0.102. The number of thiazole rings is 1. The molecule has 1 aromatic carbocycles. The monoisotopic (exact) mass is 314 g/mol. The summed E-state index contributed by atoms with van der Waals surface area (Å²) in [5, 5.41) is 7.73. The third-order valence-electron chi connectivity index (χ3n) is 3.53. The van der Waals surface area contributed by atoms with Crippen LogP contribution >= 0.6 is 11.3 Å². The zero-order valence-corrected chi connectivity index (χ0v) is 13.9. The number of anilines is 1. The molecule has 3 aromatic rings. The first-order valence-corrected chi connectivity index (χ1v) is 8.00. The van der Waals surface area contributed by atoms with Crippen LogP contribution in [0.4, 0.5) is 5.13 Å². The van der Waals surface area contributed by atoms with E-state index in [4.69, 9.17) is 0 Å². The van der Waals surface area contributed by atoms with Crippen LogP contribution in [0.3, 0.4) is 0 Å². The summed E-state index contributed by atoms with van der Waals surface area (Å²) < 4.78 is 2.88. The van der Waals surface area contributed by atoms with E-state index >= 15 is 0 Å². The Hall–Kier alpha value is -2.21. The quantitative estimate of drug-likeness (QED) is 0.796. The van der Waals surface area contributed by atoms with E-state index in [0.29, 0.717) is 10.8 Å². The summed E-state index contributed by atoms with van der Waals surface area (Å²) in [7, 11) is 0. The standard InChI is InChI=1S/C16H18N4OS/c1-9(2)20-8-7-12(19-20)15(21)18-16-17-13-10(3)5-6-11(4)14(13)22-16/h5-9H,1-4H3,(H,17,18,21). The molecular weight excluding hydrogens is 296 g/mol. The third kappa shape index (κ3) is 2.62. The second-order valence-electron chi connectivity index (χ2n) is 5.62. The van der Waals surface area contributed by atoms with E-state index in [1.807, 2.05) is 33.0 Å². The highest BCUT2D eigenvalue weighted by Crippen LogP contribution is 2.31. The van der Waals surface area contributed by atoms with Gasteiger partial charge < -0.3 is 0 Å². The Bertz CT molecular complexity index is 808. The van der Waals surface area contributed by atoms with Gasteiger partial charge in [0, 0.05) is 12.2 Å². The van der Waals surface area contributed by atoms with Gasteiger partial charge in [0.25, 0.3) is 5.91 Å². The molecule has 0 aliphatic rings. The van der Waals surface area contributed by atoms with Gasteiger partial charge in [-0.25, -0.2) is 4.98 Å². The number of fused-ring (bicyclic) bond motifs is 1. The number of nitrogens with zero attached hydrogens (tertiary/aromatic N) is 3. The number of carbonyl (C=O) groups excluding carboxylic acids is 1. The minimum atomic E-state index is -0.228. The van der Waals surface area contributed by atoms with Gasteiger partial charge in [-0.1, -0.05) is 23.5 Å². The Kier molecular flexibility index (Phi) is 3.70. The van der Waals surface area contributed by atoms with E-state index in [1.165, 1.54) is 16.9 Å². The highest BCUT2D eigenvalue weighted by molar-refractivity contribution is 7.22. The second kappa shape index (κ2) is 5.53. The first kappa shape index (κ1) is 14.7. The smallest absolute Gasteiger partial charge is 0.277 e. The maximum Gasteiger partial charge on any atom is 0.277 e. The van der Waals surface area contributed by atoms with E-state index < -0.39 is 0 Å². The zero-order valence-electron chi connectivity index (χ0n) is 13.0. The maximum absolute atomic E-state index is 12.3. The summed E-state index contributed by atoms with van der Waals surface area (Å²) in [4.78, 5) is 16.8. The molecule has 2 aromatic heterocycles. The van der Waals surface area contributed by atoms with Crippen molar-refractivity contribution in [3.8, 4) is 0 Å². The van der Waals surface area contributed by atoms with Gasteiger partial charge in [-0.2, -0.15) is 5.10 Å². The summed E-state index contributed by atoms with van der Waals surface area (Å²) in [6.45, 7) is 8.12. The molecule has 114 valence electrons. The van der Waals surface area contributed by atoms with Crippen molar-refractivity contribution >= 4 is 32.6 Å². The zero-order chi connectivity index (χ0) is 15.9. The molecule has 5 nitrogen and oxygen atoms in total. The number of aromatic nitrogens is 3. The summed E-state index contributed by atoms with van der Waals surface area (Å²) in [6, 6.07) is 6.08. The van der Waals surface area contributed by atoms with E-state index in [2.05, 4.69) is 28.4 Å². The summed E-state index contributed by atoms with van der Waals surface area (Å²) in [5.41, 5.74) is 3.64. The lowest BCUT2D eigenvalue weighted by Crippen LogP contribution is -2.13. The summed E-state index contributed by atoms with van der Waals surface area (Å²) in [5.74, 6) is -0.228. The molecule has 0 aliphatic heterocycles. The number of rotatable bonds is 3. The van der Waals surface area contributed by atoms with Gasteiger partial charge in [0.15, 0.2) is 10.8 Å². The van der Waals surface area contributed by atoms with Crippen LogP contribution in [0.5, 0.6) is 0 Å². The fourth-order valence-electron chi connectivity index (χ4n) is 2.22. The third-order valence-corrected chi connectivity index (χ3v) is 4.64. The van der Waals surface area contributed by atoms with Crippen LogP contribution < -0.4 is 5.32 Å². The molecule has 0 aliphatic carbocycles. The number of hydrogen-bond acceptors (Lipinski definition) is 4. The average Bonchev–Trinajstić information content (AvgIpc) is 3.10. The molecule has 0 unspecified atom stereocenters. The topological polar surface area (TPSA) is 59.8 Å². The molecule has 0 fully saturated rings. The molecule has 1 amide bonds. The second-order valence-corrected chi connectivity index (χ2v) is 6.62. The number of nitrogens with one attached hydrogen (secondary N) is 1. The number of hydrogen-bond donors (Lipinski definition) is 1. The van der Waals surface area contributed by atoms with Crippen LogP contribution in [0.1, 0.15) is 41.5 Å². The normalized spacial score (nSPS) is 11.3. The predicted molar refractivity (Wildman–Crippen MR) is 89.7 cm³/mol. The van der Waals surface area contributed by atoms with Gasteiger partial charge in [0.2, 0.25) is 0 Å². The van der Waals surface area contributed by atoms with Crippen molar-refractivity contribution in [2.75, 3.05) is 5.32 Å². The number of aryl methyl sites for hydroxylation is 2. The fraction of sp³-hybridized carbons (Fsp3) is 0.312. The van der Waals surface area contributed by atoms with Crippen molar-refractivity contribution in [1.82, 2.24) is 14.8 Å². The van der Waals surface area contributed by atoms with E-state index in [-0.39, 0.29) is 11.9 Å². The first-order chi connectivity index (χ1) is 10.5. The van der Waals surface area contributed by atoms with Gasteiger partial charge in [-0.3, -0.25) is 14.8 Å². The number of amides is 1. The maximum atomic E-state index is 12.3. The molecule has 3 rings (SSSR count). The lowest BCUT2D eigenvalue weighted by atomic mass is 10.1. The minimum absolute atomic E-state index is 0.228. The number of carbonyl (C=O) groups is 1. The molecule has 0 saturated carbocycles. The molecule has 0 radical (unpaired) electrons. The van der Waals surface area contributed by atoms with Crippen molar-refractivity contribution in [2.24, 2.45) is 0 Å². The van der Waals surface area contributed by atoms with Crippen molar-refractivity contribution in [3.05, 3.63) is 41.2 Å². The Morgan fingerprint density at radius 2 is 1.95 bits per heavy atom. The average molecular weight is 314 g/mol. The van der Waals surface area contributed by atoms with Crippen LogP contribution in [0.25, 0.3) is 10.2 Å². The van der Waals surface area contributed by atoms with Gasteiger partial charge in [-0.05, 0) is 44.9 Å². The summed E-state index contributed by atoms with van der Waals surface area (Å²) >= 11 is 1.50. The van der Waals surface area contributed by atoms with Crippen molar-refractivity contribution < 1.29 is 4.79 Å². The van der Waals surface area contributed by atoms with E-state index in [9.17, 15) is 4.79 Å². The van der Waals surface area contributed by atoms with Crippen LogP contribution in [0.15, 0.2) is 24.4 Å². The van der Waals surface area contributed by atoms with Crippen LogP contribution in [-0.4, -0.2) is 20.7 Å². The molecular formula is C16H18N4OS. The van der Waals surface area contributed by atoms with Gasteiger partial charge in [-0.15, -0.1) is 0 Å². The highest BCUT2D eigenvalue weighted by atomic mass is 32.1. The van der Waals surface area contributed by atoms with Crippen molar-refractivity contribution in [2.45, 2.75) is 33.7 Å². The summed E-state index contributed by atoms with van der Waals surface area (Å²) in [6.07, 6.45) is 1.81. The van der Waals surface area contributed by atoms with Crippen LogP contribution in [-0.2, 0) is 0 Å². The SMILES string of the molecule is Cc1ccc(C)c2sc(NC(=O)c3ccn(C(C)C)n3)nc12. The molecule has 0 bridgehead atoms. The van der Waals surface area contributed by atoms with Gasteiger partial charge >= 0.3 is 0 Å². The molecule has 0 spiro atoms. The molecule has 6 heteroatoms. The molecule has 2 heterocycles. The Labute approximate surface area is 133 Å². The minimum Gasteiger partial charge on any atom is -0.296 e.